The Labute approximate surface area is 178 Å². The third-order valence-corrected chi connectivity index (χ3v) is 7.98. The van der Waals surface area contributed by atoms with Crippen molar-refractivity contribution in [3.8, 4) is 0 Å². The summed E-state index contributed by atoms with van der Waals surface area (Å²) in [4.78, 5) is 26.9. The zero-order valence-electron chi connectivity index (χ0n) is 17.7. The molecule has 2 aliphatic carbocycles. The first-order valence-corrected chi connectivity index (χ1v) is 11.7. The van der Waals surface area contributed by atoms with Gasteiger partial charge in [0.05, 0.1) is 12.2 Å². The number of fused-ring (bicyclic) bond motifs is 1. The topological polar surface area (TPSA) is 113 Å². The zero-order chi connectivity index (χ0) is 21.3. The summed E-state index contributed by atoms with van der Waals surface area (Å²) in [6.45, 7) is 2.35. The first kappa shape index (κ1) is 21.8. The van der Waals surface area contributed by atoms with Gasteiger partial charge in [0.2, 0.25) is 5.91 Å². The van der Waals surface area contributed by atoms with E-state index in [9.17, 15) is 19.8 Å². The van der Waals surface area contributed by atoms with Gasteiger partial charge in [-0.25, -0.2) is 4.79 Å². The van der Waals surface area contributed by atoms with Gasteiger partial charge < -0.3 is 25.6 Å². The van der Waals surface area contributed by atoms with E-state index in [1.165, 1.54) is 31.8 Å². The summed E-state index contributed by atoms with van der Waals surface area (Å²) >= 11 is 0. The predicted molar refractivity (Wildman–Crippen MR) is 111 cm³/mol. The molecule has 0 bridgehead atoms. The average Bonchev–Trinajstić information content (AvgIpc) is 2.75. The molecule has 3 fully saturated rings. The van der Waals surface area contributed by atoms with Gasteiger partial charge in [-0.15, -0.1) is 0 Å². The standard InChI is InChI=1S/C23H36N2O5/c24-13-14-2-1-3-16(8-14)15-4-6-25(7-5-15)22(28)9-17-10-23(29)30-21-12-20(27)19(26)11-18(17)21/h10,14-16,18-21,26-27H,1-9,11-13,24H2. The number of carbonyl (C=O) groups is 2. The molecule has 2 heterocycles. The van der Waals surface area contributed by atoms with Crippen molar-refractivity contribution >= 4 is 11.9 Å². The molecule has 168 valence electrons. The molecule has 4 rings (SSSR count). The van der Waals surface area contributed by atoms with Crippen LogP contribution in [0.2, 0.25) is 0 Å². The maximum absolute atomic E-state index is 13.0. The summed E-state index contributed by atoms with van der Waals surface area (Å²) in [5.74, 6) is 1.52. The summed E-state index contributed by atoms with van der Waals surface area (Å²) in [6.07, 6.45) is 7.15. The van der Waals surface area contributed by atoms with Gasteiger partial charge in [-0.3, -0.25) is 4.79 Å². The van der Waals surface area contributed by atoms with Gasteiger partial charge in [0, 0.05) is 37.9 Å². The average molecular weight is 421 g/mol. The van der Waals surface area contributed by atoms with Crippen molar-refractivity contribution in [3.63, 3.8) is 0 Å². The number of carbonyl (C=O) groups excluding carboxylic acids is 2. The molecule has 4 aliphatic rings. The van der Waals surface area contributed by atoms with Crippen molar-refractivity contribution in [3.05, 3.63) is 11.6 Å². The van der Waals surface area contributed by atoms with E-state index >= 15 is 0 Å². The first-order chi connectivity index (χ1) is 14.4. The molecule has 2 aliphatic heterocycles. The molecular formula is C23H36N2O5. The van der Waals surface area contributed by atoms with Crippen LogP contribution >= 0.6 is 0 Å². The van der Waals surface area contributed by atoms with E-state index in [1.54, 1.807) is 0 Å². The van der Waals surface area contributed by atoms with E-state index in [2.05, 4.69) is 0 Å². The number of amides is 1. The second-order valence-electron chi connectivity index (χ2n) is 9.83. The summed E-state index contributed by atoms with van der Waals surface area (Å²) in [7, 11) is 0. The highest BCUT2D eigenvalue weighted by Gasteiger charge is 2.42. The highest BCUT2D eigenvalue weighted by atomic mass is 16.5. The molecule has 6 atom stereocenters. The van der Waals surface area contributed by atoms with E-state index in [1.807, 2.05) is 4.90 Å². The van der Waals surface area contributed by atoms with Gasteiger partial charge >= 0.3 is 5.97 Å². The van der Waals surface area contributed by atoms with Crippen molar-refractivity contribution in [2.75, 3.05) is 19.6 Å². The smallest absolute Gasteiger partial charge is 0.331 e. The van der Waals surface area contributed by atoms with Crippen molar-refractivity contribution < 1.29 is 24.5 Å². The Hall–Kier alpha value is -1.44. The van der Waals surface area contributed by atoms with Crippen LogP contribution in [-0.4, -0.2) is 64.9 Å². The lowest BCUT2D eigenvalue weighted by atomic mass is 9.72. The number of nitrogens with two attached hydrogens (primary N) is 1. The number of hydrogen-bond acceptors (Lipinski definition) is 6. The van der Waals surface area contributed by atoms with E-state index < -0.39 is 24.3 Å². The molecule has 4 N–H and O–H groups in total. The van der Waals surface area contributed by atoms with Gasteiger partial charge in [-0.05, 0) is 62.0 Å². The fraction of sp³-hybridized carbons (Fsp3) is 0.826. The van der Waals surface area contributed by atoms with Crippen LogP contribution in [0.15, 0.2) is 11.6 Å². The molecule has 0 aromatic heterocycles. The highest BCUT2D eigenvalue weighted by molar-refractivity contribution is 5.87. The molecule has 30 heavy (non-hydrogen) atoms. The van der Waals surface area contributed by atoms with Crippen LogP contribution in [0.25, 0.3) is 0 Å². The molecule has 7 nitrogen and oxygen atoms in total. The molecule has 0 radical (unpaired) electrons. The van der Waals surface area contributed by atoms with E-state index in [4.69, 9.17) is 10.5 Å². The number of aliphatic hydroxyl groups is 2. The maximum atomic E-state index is 13.0. The summed E-state index contributed by atoms with van der Waals surface area (Å²) in [5, 5.41) is 19.9. The van der Waals surface area contributed by atoms with Gasteiger partial charge in [0.25, 0.3) is 0 Å². The van der Waals surface area contributed by atoms with Gasteiger partial charge in [0.15, 0.2) is 0 Å². The van der Waals surface area contributed by atoms with Crippen LogP contribution < -0.4 is 5.73 Å². The molecule has 6 unspecified atom stereocenters. The number of likely N-dealkylation sites (tertiary alicyclic amines) is 1. The summed E-state index contributed by atoms with van der Waals surface area (Å²) in [5.41, 5.74) is 6.64. The quantitative estimate of drug-likeness (QED) is 0.592. The van der Waals surface area contributed by atoms with Crippen LogP contribution in [0.4, 0.5) is 0 Å². The minimum absolute atomic E-state index is 0.0530. The van der Waals surface area contributed by atoms with Gasteiger partial charge in [-0.1, -0.05) is 12.8 Å². The molecule has 1 saturated heterocycles. The molecule has 2 saturated carbocycles. The third-order valence-electron chi connectivity index (χ3n) is 7.98. The number of esters is 1. The zero-order valence-corrected chi connectivity index (χ0v) is 17.7. The Morgan fingerprint density at radius 3 is 2.53 bits per heavy atom. The van der Waals surface area contributed by atoms with Crippen LogP contribution in [0.3, 0.4) is 0 Å². The molecule has 0 spiro atoms. The second kappa shape index (κ2) is 9.37. The Bertz CT molecular complexity index is 673. The summed E-state index contributed by atoms with van der Waals surface area (Å²) < 4.78 is 5.35. The Balaban J connectivity index is 1.32. The third kappa shape index (κ3) is 4.73. The van der Waals surface area contributed by atoms with Gasteiger partial charge in [-0.2, -0.15) is 0 Å². The summed E-state index contributed by atoms with van der Waals surface area (Å²) in [6, 6.07) is 0. The SMILES string of the molecule is NCC1CCCC(C2CCN(C(=O)CC3=CC(=O)OC4CC(O)C(O)CC34)CC2)C1. The second-order valence-corrected chi connectivity index (χ2v) is 9.83. The van der Waals surface area contributed by atoms with Crippen molar-refractivity contribution in [1.29, 1.82) is 0 Å². The Kier molecular flexibility index (Phi) is 6.80. The van der Waals surface area contributed by atoms with Crippen molar-refractivity contribution in [1.82, 2.24) is 4.90 Å². The number of aliphatic hydroxyl groups excluding tert-OH is 2. The fourth-order valence-corrected chi connectivity index (χ4v) is 6.15. The lowest BCUT2D eigenvalue weighted by Crippen LogP contribution is -2.47. The lowest BCUT2D eigenvalue weighted by Gasteiger charge is -2.41. The van der Waals surface area contributed by atoms with Crippen LogP contribution in [0.1, 0.15) is 57.8 Å². The molecule has 0 aromatic rings. The van der Waals surface area contributed by atoms with Crippen LogP contribution in [-0.2, 0) is 14.3 Å². The number of nitrogens with zero attached hydrogens (tertiary/aromatic N) is 1. The van der Waals surface area contributed by atoms with E-state index in [0.29, 0.717) is 18.3 Å². The van der Waals surface area contributed by atoms with Crippen LogP contribution in [0, 0.1) is 23.7 Å². The Morgan fingerprint density at radius 1 is 1.07 bits per heavy atom. The molecule has 1 amide bonds. The normalized spacial score (nSPS) is 37.9. The van der Waals surface area contributed by atoms with E-state index in [-0.39, 0.29) is 24.7 Å². The Morgan fingerprint density at radius 2 is 1.80 bits per heavy atom. The minimum Gasteiger partial charge on any atom is -0.458 e. The van der Waals surface area contributed by atoms with Crippen LogP contribution in [0.5, 0.6) is 0 Å². The maximum Gasteiger partial charge on any atom is 0.331 e. The fourth-order valence-electron chi connectivity index (χ4n) is 6.15. The number of hydrogen-bond donors (Lipinski definition) is 3. The predicted octanol–water partition coefficient (Wildman–Crippen LogP) is 1.36. The highest BCUT2D eigenvalue weighted by Crippen LogP contribution is 2.39. The molecule has 7 heteroatoms. The lowest BCUT2D eigenvalue weighted by molar-refractivity contribution is -0.156. The van der Waals surface area contributed by atoms with Crippen molar-refractivity contribution in [2.45, 2.75) is 76.1 Å². The molecular weight excluding hydrogens is 384 g/mol. The largest absolute Gasteiger partial charge is 0.458 e. The number of piperidine rings is 1. The number of rotatable bonds is 4. The van der Waals surface area contributed by atoms with Crippen molar-refractivity contribution in [2.24, 2.45) is 29.4 Å². The first-order valence-electron chi connectivity index (χ1n) is 11.7. The minimum atomic E-state index is -0.883. The molecule has 0 aromatic carbocycles. The monoisotopic (exact) mass is 420 g/mol. The number of ether oxygens (including phenoxy) is 1. The van der Waals surface area contributed by atoms with E-state index in [0.717, 1.165) is 44.0 Å². The van der Waals surface area contributed by atoms with Gasteiger partial charge in [0.1, 0.15) is 6.10 Å².